The van der Waals surface area contributed by atoms with Gasteiger partial charge in [0.1, 0.15) is 17.5 Å². The van der Waals surface area contributed by atoms with Crippen LogP contribution in [0.1, 0.15) is 23.6 Å². The van der Waals surface area contributed by atoms with E-state index in [4.69, 9.17) is 15.5 Å². The number of rotatable bonds is 4. The van der Waals surface area contributed by atoms with Crippen molar-refractivity contribution >= 4 is 16.6 Å². The number of hydrogen-bond acceptors (Lipinski definition) is 6. The molecule has 33 heavy (non-hydrogen) atoms. The van der Waals surface area contributed by atoms with Crippen molar-refractivity contribution in [1.29, 1.82) is 0 Å². The van der Waals surface area contributed by atoms with Gasteiger partial charge in [-0.25, -0.2) is 4.98 Å². The summed E-state index contributed by atoms with van der Waals surface area (Å²) in [7, 11) is 1.59. The van der Waals surface area contributed by atoms with Crippen LogP contribution in [0.5, 0.6) is 5.75 Å². The topological polar surface area (TPSA) is 81.6 Å². The largest absolute Gasteiger partial charge is 0.496 e. The van der Waals surface area contributed by atoms with Crippen LogP contribution in [0.2, 0.25) is 0 Å². The van der Waals surface area contributed by atoms with Gasteiger partial charge in [0.15, 0.2) is 11.5 Å². The van der Waals surface area contributed by atoms with Crippen LogP contribution in [0, 0.1) is 6.92 Å². The van der Waals surface area contributed by atoms with Crippen molar-refractivity contribution in [2.45, 2.75) is 31.6 Å². The molecule has 2 atom stereocenters. The third-order valence-corrected chi connectivity index (χ3v) is 6.19. The number of ether oxygens (including phenoxy) is 1. The van der Waals surface area contributed by atoms with Gasteiger partial charge in [0.2, 0.25) is 0 Å². The van der Waals surface area contributed by atoms with Crippen molar-refractivity contribution in [3.05, 3.63) is 53.7 Å². The summed E-state index contributed by atoms with van der Waals surface area (Å²) in [4.78, 5) is 6.12. The van der Waals surface area contributed by atoms with E-state index in [-0.39, 0.29) is 18.2 Å². The number of likely N-dealkylation sites (tertiary alicyclic amines) is 1. The summed E-state index contributed by atoms with van der Waals surface area (Å²) in [6.45, 7) is 2.41. The van der Waals surface area contributed by atoms with E-state index in [1.54, 1.807) is 23.6 Å². The van der Waals surface area contributed by atoms with Crippen molar-refractivity contribution in [1.82, 2.24) is 24.5 Å². The SMILES string of the molecule is COc1ccc2ccc(-c3nnc4ccc([C@@H](N5CCC(N)C5)C(F)(F)F)cn34)nc2c1C. The lowest BCUT2D eigenvalue weighted by atomic mass is 10.1. The van der Waals surface area contributed by atoms with Crippen molar-refractivity contribution in [3.8, 4) is 17.3 Å². The van der Waals surface area contributed by atoms with Gasteiger partial charge in [0.25, 0.3) is 0 Å². The number of methoxy groups -OCH3 is 1. The maximum Gasteiger partial charge on any atom is 0.408 e. The molecule has 1 aliphatic rings. The molecule has 0 aliphatic carbocycles. The molecule has 3 aromatic heterocycles. The molecule has 2 N–H and O–H groups in total. The number of aryl methyl sites for hydroxylation is 1. The van der Waals surface area contributed by atoms with Crippen LogP contribution in [0.3, 0.4) is 0 Å². The molecule has 10 heteroatoms. The molecule has 1 aliphatic heterocycles. The van der Waals surface area contributed by atoms with Gasteiger partial charge in [-0.05, 0) is 43.2 Å². The van der Waals surface area contributed by atoms with E-state index in [9.17, 15) is 13.2 Å². The summed E-state index contributed by atoms with van der Waals surface area (Å²) >= 11 is 0. The summed E-state index contributed by atoms with van der Waals surface area (Å²) in [5.41, 5.74) is 8.56. The maximum atomic E-state index is 14.1. The van der Waals surface area contributed by atoms with E-state index in [1.807, 2.05) is 25.1 Å². The van der Waals surface area contributed by atoms with Crippen molar-refractivity contribution < 1.29 is 17.9 Å². The van der Waals surface area contributed by atoms with E-state index in [1.165, 1.54) is 17.2 Å². The van der Waals surface area contributed by atoms with Crippen LogP contribution in [0.15, 0.2) is 42.6 Å². The molecule has 0 amide bonds. The number of fused-ring (bicyclic) bond motifs is 2. The molecule has 0 radical (unpaired) electrons. The van der Waals surface area contributed by atoms with Crippen LogP contribution in [0.25, 0.3) is 28.1 Å². The molecule has 1 unspecified atom stereocenters. The Balaban J connectivity index is 1.62. The lowest BCUT2D eigenvalue weighted by Crippen LogP contribution is -2.38. The summed E-state index contributed by atoms with van der Waals surface area (Å²) in [5.74, 6) is 1.08. The third-order valence-electron chi connectivity index (χ3n) is 6.19. The Morgan fingerprint density at radius 2 is 1.91 bits per heavy atom. The quantitative estimate of drug-likeness (QED) is 0.502. The molecule has 0 saturated carbocycles. The molecular weight excluding hydrogens is 433 g/mol. The number of benzene rings is 1. The van der Waals surface area contributed by atoms with Gasteiger partial charge in [-0.2, -0.15) is 13.2 Å². The van der Waals surface area contributed by atoms with E-state index in [0.29, 0.717) is 35.9 Å². The highest BCUT2D eigenvalue weighted by Gasteiger charge is 2.46. The monoisotopic (exact) mass is 456 g/mol. The number of nitrogens with zero attached hydrogens (tertiary/aromatic N) is 5. The predicted octanol–water partition coefficient (Wildman–Crippen LogP) is 3.90. The van der Waals surface area contributed by atoms with Gasteiger partial charge in [-0.3, -0.25) is 9.30 Å². The number of nitrogens with two attached hydrogens (primary N) is 1. The Kier molecular flexibility index (Phi) is 5.21. The van der Waals surface area contributed by atoms with E-state index in [2.05, 4.69) is 10.2 Å². The second kappa shape index (κ2) is 7.96. The van der Waals surface area contributed by atoms with Crippen LogP contribution in [0.4, 0.5) is 13.2 Å². The standard InChI is InChI=1S/C23H23F3N6O/c1-13-18(33-2)7-4-14-3-6-17(28-20(13)14)22-30-29-19-8-5-15(11-32(19)22)21(23(24,25)26)31-10-9-16(27)12-31/h3-8,11,16,21H,9-10,12,27H2,1-2H3/t16?,21-/m1/s1. The Hall–Kier alpha value is -3.24. The second-order valence-corrected chi connectivity index (χ2v) is 8.36. The average Bonchev–Trinajstić information content (AvgIpc) is 3.39. The number of hydrogen-bond donors (Lipinski definition) is 1. The zero-order valence-corrected chi connectivity index (χ0v) is 18.2. The molecule has 1 fully saturated rings. The Bertz CT molecular complexity index is 1340. The smallest absolute Gasteiger partial charge is 0.408 e. The van der Waals surface area contributed by atoms with E-state index >= 15 is 0 Å². The lowest BCUT2D eigenvalue weighted by molar-refractivity contribution is -0.183. The van der Waals surface area contributed by atoms with Crippen molar-refractivity contribution in [3.63, 3.8) is 0 Å². The van der Waals surface area contributed by atoms with Gasteiger partial charge >= 0.3 is 6.18 Å². The van der Waals surface area contributed by atoms with Gasteiger partial charge in [0, 0.05) is 36.3 Å². The minimum atomic E-state index is -4.44. The first-order valence-corrected chi connectivity index (χ1v) is 10.6. The van der Waals surface area contributed by atoms with Crippen LogP contribution in [-0.4, -0.2) is 56.9 Å². The predicted molar refractivity (Wildman–Crippen MR) is 118 cm³/mol. The van der Waals surface area contributed by atoms with Crippen LogP contribution >= 0.6 is 0 Å². The third kappa shape index (κ3) is 3.79. The Morgan fingerprint density at radius 3 is 2.61 bits per heavy atom. The highest BCUT2D eigenvalue weighted by atomic mass is 19.4. The summed E-state index contributed by atoms with van der Waals surface area (Å²) in [5, 5.41) is 9.28. The molecule has 1 aromatic carbocycles. The minimum Gasteiger partial charge on any atom is -0.496 e. The second-order valence-electron chi connectivity index (χ2n) is 8.36. The number of aromatic nitrogens is 4. The van der Waals surface area contributed by atoms with Gasteiger partial charge < -0.3 is 10.5 Å². The van der Waals surface area contributed by atoms with Gasteiger partial charge in [-0.15, -0.1) is 10.2 Å². The number of halogens is 3. The minimum absolute atomic E-state index is 0.115. The van der Waals surface area contributed by atoms with Crippen molar-refractivity contribution in [2.75, 3.05) is 20.2 Å². The molecule has 4 heterocycles. The first-order chi connectivity index (χ1) is 15.8. The molecule has 172 valence electrons. The van der Waals surface area contributed by atoms with E-state index < -0.39 is 12.2 Å². The maximum absolute atomic E-state index is 14.1. The lowest BCUT2D eigenvalue weighted by Gasteiger charge is -2.30. The van der Waals surface area contributed by atoms with Gasteiger partial charge in [0.05, 0.1) is 12.6 Å². The molecule has 5 rings (SSSR count). The fourth-order valence-electron chi connectivity index (χ4n) is 4.56. The van der Waals surface area contributed by atoms with Gasteiger partial charge in [-0.1, -0.05) is 12.1 Å². The number of alkyl halides is 3. The molecular formula is C23H23F3N6O. The average molecular weight is 456 g/mol. The van der Waals surface area contributed by atoms with E-state index in [0.717, 1.165) is 16.5 Å². The molecule has 4 aromatic rings. The molecule has 0 spiro atoms. The first kappa shape index (κ1) is 21.6. The normalized spacial score (nSPS) is 18.3. The summed E-state index contributed by atoms with van der Waals surface area (Å²) in [6.07, 6.45) is -2.45. The number of pyridine rings is 2. The Labute approximate surface area is 188 Å². The molecule has 7 nitrogen and oxygen atoms in total. The van der Waals surface area contributed by atoms with Crippen molar-refractivity contribution in [2.24, 2.45) is 5.73 Å². The zero-order chi connectivity index (χ0) is 23.3. The van der Waals surface area contributed by atoms with Crippen LogP contribution in [-0.2, 0) is 0 Å². The molecule has 1 saturated heterocycles. The highest BCUT2D eigenvalue weighted by molar-refractivity contribution is 5.85. The van der Waals surface area contributed by atoms with Crippen LogP contribution < -0.4 is 10.5 Å². The molecule has 0 bridgehead atoms. The Morgan fingerprint density at radius 1 is 1.12 bits per heavy atom. The first-order valence-electron chi connectivity index (χ1n) is 10.6. The summed E-state index contributed by atoms with van der Waals surface area (Å²) in [6, 6.07) is 8.48. The fourth-order valence-corrected chi connectivity index (χ4v) is 4.56. The fraction of sp³-hybridized carbons (Fsp3) is 0.348. The zero-order valence-electron chi connectivity index (χ0n) is 18.2. The summed E-state index contributed by atoms with van der Waals surface area (Å²) < 4.78 is 49.2. The highest BCUT2D eigenvalue weighted by Crippen LogP contribution is 2.39.